The Balaban J connectivity index is 2.03. The van der Waals surface area contributed by atoms with Crippen molar-refractivity contribution in [2.45, 2.75) is 25.7 Å². The van der Waals surface area contributed by atoms with Crippen molar-refractivity contribution >= 4 is 15.9 Å². The molecule has 4 heteroatoms. The number of benzene rings is 1. The van der Waals surface area contributed by atoms with Gasteiger partial charge in [-0.2, -0.15) is 5.10 Å². The van der Waals surface area contributed by atoms with Crippen LogP contribution >= 0.6 is 15.9 Å². The van der Waals surface area contributed by atoms with Crippen LogP contribution in [0.2, 0.25) is 0 Å². The summed E-state index contributed by atoms with van der Waals surface area (Å²) in [5.74, 6) is 0.535. The van der Waals surface area contributed by atoms with E-state index in [1.54, 1.807) is 0 Å². The third-order valence-corrected chi connectivity index (χ3v) is 3.99. The minimum absolute atomic E-state index is 0.535. The molecule has 20 heavy (non-hydrogen) atoms. The van der Waals surface area contributed by atoms with Crippen LogP contribution in [0.4, 0.5) is 0 Å². The summed E-state index contributed by atoms with van der Waals surface area (Å²) in [5, 5.41) is 7.71. The van der Waals surface area contributed by atoms with Gasteiger partial charge in [0.1, 0.15) is 0 Å². The number of hydrogen-bond acceptors (Lipinski definition) is 2. The highest BCUT2D eigenvalue weighted by Crippen LogP contribution is 2.24. The van der Waals surface area contributed by atoms with Gasteiger partial charge in [-0.25, -0.2) is 0 Å². The van der Waals surface area contributed by atoms with Crippen molar-refractivity contribution in [1.29, 1.82) is 0 Å². The van der Waals surface area contributed by atoms with E-state index in [0.717, 1.165) is 30.4 Å². The van der Waals surface area contributed by atoms with E-state index in [4.69, 9.17) is 0 Å². The maximum atomic E-state index is 4.24. The van der Waals surface area contributed by atoms with Crippen molar-refractivity contribution in [1.82, 2.24) is 15.1 Å². The van der Waals surface area contributed by atoms with Gasteiger partial charge in [0, 0.05) is 24.3 Å². The maximum absolute atomic E-state index is 4.24. The summed E-state index contributed by atoms with van der Waals surface area (Å²) in [5.41, 5.74) is 2.70. The Bertz CT molecular complexity index is 536. The van der Waals surface area contributed by atoms with E-state index in [0.29, 0.717) is 5.92 Å². The molecule has 3 nitrogen and oxygen atoms in total. The zero-order chi connectivity index (χ0) is 14.4. The molecule has 0 spiro atoms. The van der Waals surface area contributed by atoms with Crippen molar-refractivity contribution < 1.29 is 0 Å². The normalized spacial score (nSPS) is 12.6. The first-order valence-corrected chi connectivity index (χ1v) is 7.92. The molecule has 0 aliphatic heterocycles. The predicted octanol–water partition coefficient (Wildman–Crippen LogP) is 3.51. The van der Waals surface area contributed by atoms with Gasteiger partial charge in [0.2, 0.25) is 0 Å². The highest BCUT2D eigenvalue weighted by Gasteiger charge is 2.12. The van der Waals surface area contributed by atoms with Gasteiger partial charge >= 0.3 is 0 Å². The van der Waals surface area contributed by atoms with Crippen molar-refractivity contribution in [2.75, 3.05) is 13.1 Å². The van der Waals surface area contributed by atoms with Crippen LogP contribution in [0.3, 0.4) is 0 Å². The Hall–Kier alpha value is -1.13. The molecule has 0 saturated carbocycles. The summed E-state index contributed by atoms with van der Waals surface area (Å²) >= 11 is 3.56. The van der Waals surface area contributed by atoms with Gasteiger partial charge in [-0.15, -0.1) is 0 Å². The molecule has 2 aromatic rings. The molecule has 0 aliphatic carbocycles. The van der Waals surface area contributed by atoms with Gasteiger partial charge in [0.05, 0.1) is 6.20 Å². The lowest BCUT2D eigenvalue weighted by atomic mass is 9.93. The summed E-state index contributed by atoms with van der Waals surface area (Å²) in [7, 11) is 1.97. The zero-order valence-corrected chi connectivity index (χ0v) is 13.7. The van der Waals surface area contributed by atoms with E-state index >= 15 is 0 Å². The average Bonchev–Trinajstić information content (AvgIpc) is 2.85. The van der Waals surface area contributed by atoms with E-state index in [2.05, 4.69) is 63.7 Å². The van der Waals surface area contributed by atoms with Crippen molar-refractivity contribution in [3.63, 3.8) is 0 Å². The van der Waals surface area contributed by atoms with Gasteiger partial charge in [-0.05, 0) is 48.6 Å². The molecule has 0 fully saturated rings. The first-order chi connectivity index (χ1) is 9.69. The lowest BCUT2D eigenvalue weighted by Gasteiger charge is -2.18. The molecule has 1 atom stereocenters. The molecule has 1 N–H and O–H groups in total. The molecule has 0 saturated heterocycles. The average molecular weight is 336 g/mol. The Morgan fingerprint density at radius 3 is 2.90 bits per heavy atom. The molecule has 0 radical (unpaired) electrons. The first kappa shape index (κ1) is 15.3. The SMILES string of the molecule is CCNCC(CCc1cnn(C)c1)c1cccc(Br)c1. The summed E-state index contributed by atoms with van der Waals surface area (Å²) in [4.78, 5) is 0. The summed E-state index contributed by atoms with van der Waals surface area (Å²) < 4.78 is 3.02. The van der Waals surface area contributed by atoms with Crippen LogP contribution in [0.5, 0.6) is 0 Å². The highest BCUT2D eigenvalue weighted by atomic mass is 79.9. The smallest absolute Gasteiger partial charge is 0.0521 e. The van der Waals surface area contributed by atoms with Crippen LogP contribution in [-0.2, 0) is 13.5 Å². The molecule has 1 unspecified atom stereocenters. The van der Waals surface area contributed by atoms with Gasteiger partial charge in [-0.3, -0.25) is 4.68 Å². The van der Waals surface area contributed by atoms with E-state index in [-0.39, 0.29) is 0 Å². The van der Waals surface area contributed by atoms with E-state index < -0.39 is 0 Å². The molecule has 2 rings (SSSR count). The van der Waals surface area contributed by atoms with Crippen molar-refractivity contribution in [3.8, 4) is 0 Å². The number of rotatable bonds is 7. The van der Waals surface area contributed by atoms with Gasteiger partial charge in [-0.1, -0.05) is 35.0 Å². The topological polar surface area (TPSA) is 29.9 Å². The third kappa shape index (κ3) is 4.46. The number of hydrogen-bond donors (Lipinski definition) is 1. The molecule has 1 heterocycles. The lowest BCUT2D eigenvalue weighted by molar-refractivity contribution is 0.561. The third-order valence-electron chi connectivity index (χ3n) is 3.50. The second-order valence-electron chi connectivity index (χ2n) is 5.12. The van der Waals surface area contributed by atoms with Gasteiger partial charge in [0.25, 0.3) is 0 Å². The zero-order valence-electron chi connectivity index (χ0n) is 12.1. The number of aryl methyl sites for hydroxylation is 2. The number of nitrogens with one attached hydrogen (secondary N) is 1. The van der Waals surface area contributed by atoms with Crippen LogP contribution in [0.15, 0.2) is 41.1 Å². The largest absolute Gasteiger partial charge is 0.316 e. The van der Waals surface area contributed by atoms with Crippen LogP contribution in [-0.4, -0.2) is 22.9 Å². The molecule has 0 aliphatic rings. The van der Waals surface area contributed by atoms with Gasteiger partial charge in [0.15, 0.2) is 0 Å². The second kappa shape index (κ2) is 7.60. The Morgan fingerprint density at radius 2 is 2.25 bits per heavy atom. The van der Waals surface area contributed by atoms with Crippen LogP contribution < -0.4 is 5.32 Å². The second-order valence-corrected chi connectivity index (χ2v) is 6.04. The van der Waals surface area contributed by atoms with Crippen molar-refractivity contribution in [2.24, 2.45) is 7.05 Å². The Labute approximate surface area is 129 Å². The molecule has 0 amide bonds. The monoisotopic (exact) mass is 335 g/mol. The number of likely N-dealkylation sites (N-methyl/N-ethyl adjacent to an activating group) is 1. The van der Waals surface area contributed by atoms with Crippen LogP contribution in [0, 0.1) is 0 Å². The molecule has 0 bridgehead atoms. The fourth-order valence-electron chi connectivity index (χ4n) is 2.41. The molecule has 1 aromatic carbocycles. The first-order valence-electron chi connectivity index (χ1n) is 7.12. The number of aromatic nitrogens is 2. The highest BCUT2D eigenvalue weighted by molar-refractivity contribution is 9.10. The molecular formula is C16H22BrN3. The minimum atomic E-state index is 0.535. The lowest BCUT2D eigenvalue weighted by Crippen LogP contribution is -2.21. The van der Waals surface area contributed by atoms with Crippen LogP contribution in [0.1, 0.15) is 30.4 Å². The number of nitrogens with zero attached hydrogens (tertiary/aromatic N) is 2. The fraction of sp³-hybridized carbons (Fsp3) is 0.438. The van der Waals surface area contributed by atoms with Gasteiger partial charge < -0.3 is 5.32 Å². The quantitative estimate of drug-likeness (QED) is 0.839. The predicted molar refractivity (Wildman–Crippen MR) is 87.0 cm³/mol. The summed E-state index contributed by atoms with van der Waals surface area (Å²) in [6.45, 7) is 4.18. The maximum Gasteiger partial charge on any atom is 0.0521 e. The number of halogens is 1. The Morgan fingerprint density at radius 1 is 1.40 bits per heavy atom. The standard InChI is InChI=1S/C16H22BrN3/c1-3-18-11-15(14-5-4-6-16(17)9-14)8-7-13-10-19-20(2)12-13/h4-6,9-10,12,15,18H,3,7-8,11H2,1-2H3. The molecular weight excluding hydrogens is 314 g/mol. The minimum Gasteiger partial charge on any atom is -0.316 e. The fourth-order valence-corrected chi connectivity index (χ4v) is 2.82. The van der Waals surface area contributed by atoms with E-state index in [9.17, 15) is 0 Å². The summed E-state index contributed by atoms with van der Waals surface area (Å²) in [6, 6.07) is 8.64. The van der Waals surface area contributed by atoms with E-state index in [1.165, 1.54) is 11.1 Å². The Kier molecular flexibility index (Phi) is 5.80. The van der Waals surface area contributed by atoms with Crippen molar-refractivity contribution in [3.05, 3.63) is 52.3 Å². The van der Waals surface area contributed by atoms with E-state index in [1.807, 2.05) is 17.9 Å². The van der Waals surface area contributed by atoms with Crippen LogP contribution in [0.25, 0.3) is 0 Å². The summed E-state index contributed by atoms with van der Waals surface area (Å²) in [6.07, 6.45) is 6.27. The molecule has 1 aromatic heterocycles. The molecule has 108 valence electrons.